The van der Waals surface area contributed by atoms with E-state index in [2.05, 4.69) is 5.32 Å². The van der Waals surface area contributed by atoms with Gasteiger partial charge in [0, 0.05) is 26.1 Å². The summed E-state index contributed by atoms with van der Waals surface area (Å²) in [6, 6.07) is 5.73. The van der Waals surface area contributed by atoms with Crippen molar-refractivity contribution in [3.63, 3.8) is 0 Å². The summed E-state index contributed by atoms with van der Waals surface area (Å²) in [7, 11) is -3.40. The van der Waals surface area contributed by atoms with E-state index in [-0.39, 0.29) is 5.91 Å². The number of sulfonamides is 1. The zero-order valence-corrected chi connectivity index (χ0v) is 18.2. The summed E-state index contributed by atoms with van der Waals surface area (Å²) in [6.45, 7) is 5.46. The topological polar surface area (TPSA) is 75.7 Å². The molecule has 0 spiro atoms. The Kier molecular flexibility index (Phi) is 8.76. The molecule has 1 aromatic rings. The number of nitrogens with zero attached hydrogens (tertiary/aromatic N) is 1. The molecule has 7 heteroatoms. The standard InChI is InChI=1S/C21H34N2O4S/c1-17-14-18(2)16-19(15-17)23(28(3,25)26)12-6-10-21(24)22-11-7-13-27-20-8-4-5-9-20/h14-16,20H,4-13H2,1-3H3,(H,22,24). The molecule has 6 nitrogen and oxygen atoms in total. The minimum Gasteiger partial charge on any atom is -0.378 e. The van der Waals surface area contributed by atoms with E-state index in [1.165, 1.54) is 23.4 Å². The SMILES string of the molecule is Cc1cc(C)cc(N(CCCC(=O)NCCCOC2CCCC2)S(C)(=O)=O)c1. The van der Waals surface area contributed by atoms with E-state index in [0.29, 0.717) is 44.3 Å². The Labute approximate surface area is 169 Å². The van der Waals surface area contributed by atoms with Crippen molar-refractivity contribution < 1.29 is 17.9 Å². The van der Waals surface area contributed by atoms with Gasteiger partial charge in [0.15, 0.2) is 0 Å². The maximum atomic E-state index is 12.2. The summed E-state index contributed by atoms with van der Waals surface area (Å²) >= 11 is 0. The molecular weight excluding hydrogens is 376 g/mol. The predicted molar refractivity (Wildman–Crippen MR) is 113 cm³/mol. The molecule has 158 valence electrons. The number of carbonyl (C=O) groups excluding carboxylic acids is 1. The van der Waals surface area contributed by atoms with Gasteiger partial charge in [0.05, 0.1) is 18.0 Å². The van der Waals surface area contributed by atoms with Gasteiger partial charge in [-0.3, -0.25) is 9.10 Å². The number of benzene rings is 1. The lowest BCUT2D eigenvalue weighted by Crippen LogP contribution is -2.32. The van der Waals surface area contributed by atoms with Crippen molar-refractivity contribution in [1.29, 1.82) is 0 Å². The predicted octanol–water partition coefficient (Wildman–Crippen LogP) is 3.32. The molecular formula is C21H34N2O4S. The molecule has 2 rings (SSSR count). The second kappa shape index (κ2) is 10.8. The lowest BCUT2D eigenvalue weighted by Gasteiger charge is -2.23. The van der Waals surface area contributed by atoms with Crippen molar-refractivity contribution in [1.82, 2.24) is 5.32 Å². The molecule has 1 saturated carbocycles. The van der Waals surface area contributed by atoms with Crippen LogP contribution in [0.15, 0.2) is 18.2 Å². The first-order chi connectivity index (χ1) is 13.3. The van der Waals surface area contributed by atoms with Crippen LogP contribution in [0, 0.1) is 13.8 Å². The number of ether oxygens (including phenoxy) is 1. The third-order valence-electron chi connectivity index (χ3n) is 4.96. The van der Waals surface area contributed by atoms with E-state index in [9.17, 15) is 13.2 Å². The van der Waals surface area contributed by atoms with Gasteiger partial charge in [-0.25, -0.2) is 8.42 Å². The van der Waals surface area contributed by atoms with Crippen LogP contribution in [-0.2, 0) is 19.6 Å². The van der Waals surface area contributed by atoms with Crippen molar-refractivity contribution in [2.45, 2.75) is 64.9 Å². The fourth-order valence-electron chi connectivity index (χ4n) is 3.66. The molecule has 1 N–H and O–H groups in total. The Morgan fingerprint density at radius 1 is 1.14 bits per heavy atom. The zero-order chi connectivity index (χ0) is 20.6. The number of hydrogen-bond donors (Lipinski definition) is 1. The lowest BCUT2D eigenvalue weighted by molar-refractivity contribution is -0.121. The van der Waals surface area contributed by atoms with Gasteiger partial charge in [0.1, 0.15) is 0 Å². The Morgan fingerprint density at radius 3 is 2.39 bits per heavy atom. The van der Waals surface area contributed by atoms with Crippen LogP contribution in [0.4, 0.5) is 5.69 Å². The highest BCUT2D eigenvalue weighted by molar-refractivity contribution is 7.92. The molecule has 0 radical (unpaired) electrons. The molecule has 1 aliphatic carbocycles. The summed E-state index contributed by atoms with van der Waals surface area (Å²) in [5.41, 5.74) is 2.69. The summed E-state index contributed by atoms with van der Waals surface area (Å²) in [5.74, 6) is -0.0465. The number of anilines is 1. The highest BCUT2D eigenvalue weighted by Gasteiger charge is 2.18. The smallest absolute Gasteiger partial charge is 0.232 e. The van der Waals surface area contributed by atoms with Gasteiger partial charge in [0.2, 0.25) is 15.9 Å². The van der Waals surface area contributed by atoms with Crippen molar-refractivity contribution in [3.8, 4) is 0 Å². The Hall–Kier alpha value is -1.60. The first-order valence-corrected chi connectivity index (χ1v) is 12.0. The van der Waals surface area contributed by atoms with Crippen molar-refractivity contribution in [2.75, 3.05) is 30.3 Å². The minimum atomic E-state index is -3.40. The lowest BCUT2D eigenvalue weighted by atomic mass is 10.1. The number of carbonyl (C=O) groups is 1. The Morgan fingerprint density at radius 2 is 1.79 bits per heavy atom. The van der Waals surface area contributed by atoms with Gasteiger partial charge in [-0.2, -0.15) is 0 Å². The van der Waals surface area contributed by atoms with Crippen LogP contribution in [0.1, 0.15) is 56.1 Å². The van der Waals surface area contributed by atoms with Crippen molar-refractivity contribution in [2.24, 2.45) is 0 Å². The molecule has 0 atom stereocenters. The van der Waals surface area contributed by atoms with Crippen LogP contribution in [-0.4, -0.2) is 46.4 Å². The molecule has 0 heterocycles. The average Bonchev–Trinajstić information content (AvgIpc) is 3.09. The summed E-state index contributed by atoms with van der Waals surface area (Å²) in [6.07, 6.45) is 8.03. The van der Waals surface area contributed by atoms with Crippen LogP contribution in [0.3, 0.4) is 0 Å². The highest BCUT2D eigenvalue weighted by Crippen LogP contribution is 2.22. The van der Waals surface area contributed by atoms with Gasteiger partial charge in [0.25, 0.3) is 0 Å². The van der Waals surface area contributed by atoms with E-state index in [1.54, 1.807) is 0 Å². The number of amides is 1. The van der Waals surface area contributed by atoms with Crippen LogP contribution in [0.5, 0.6) is 0 Å². The summed E-state index contributed by atoms with van der Waals surface area (Å²) in [4.78, 5) is 12.0. The van der Waals surface area contributed by atoms with E-state index >= 15 is 0 Å². The molecule has 0 aromatic heterocycles. The molecule has 1 amide bonds. The quantitative estimate of drug-likeness (QED) is 0.568. The maximum absolute atomic E-state index is 12.2. The van der Waals surface area contributed by atoms with Crippen LogP contribution >= 0.6 is 0 Å². The average molecular weight is 411 g/mol. The number of nitrogens with one attached hydrogen (secondary N) is 1. The van der Waals surface area contributed by atoms with Crippen LogP contribution < -0.4 is 9.62 Å². The molecule has 0 bridgehead atoms. The summed E-state index contributed by atoms with van der Waals surface area (Å²) < 4.78 is 31.6. The fourth-order valence-corrected chi connectivity index (χ4v) is 4.61. The van der Waals surface area contributed by atoms with Gasteiger partial charge in [-0.15, -0.1) is 0 Å². The van der Waals surface area contributed by atoms with Gasteiger partial charge >= 0.3 is 0 Å². The van der Waals surface area contributed by atoms with Gasteiger partial charge < -0.3 is 10.1 Å². The fraction of sp³-hybridized carbons (Fsp3) is 0.667. The van der Waals surface area contributed by atoms with E-state index in [1.807, 2.05) is 32.0 Å². The van der Waals surface area contributed by atoms with E-state index < -0.39 is 10.0 Å². The molecule has 1 aliphatic rings. The molecule has 28 heavy (non-hydrogen) atoms. The summed E-state index contributed by atoms with van der Waals surface area (Å²) in [5, 5.41) is 2.89. The van der Waals surface area contributed by atoms with Crippen LogP contribution in [0.2, 0.25) is 0 Å². The monoisotopic (exact) mass is 410 g/mol. The third kappa shape index (κ3) is 7.80. The second-order valence-electron chi connectivity index (χ2n) is 7.77. The molecule has 1 fully saturated rings. The molecule has 1 aromatic carbocycles. The van der Waals surface area contributed by atoms with Crippen LogP contribution in [0.25, 0.3) is 0 Å². The Balaban J connectivity index is 1.71. The second-order valence-corrected chi connectivity index (χ2v) is 9.67. The third-order valence-corrected chi connectivity index (χ3v) is 6.15. The minimum absolute atomic E-state index is 0.0465. The maximum Gasteiger partial charge on any atom is 0.232 e. The first-order valence-electron chi connectivity index (χ1n) is 10.2. The van der Waals surface area contributed by atoms with E-state index in [0.717, 1.165) is 30.4 Å². The molecule has 0 unspecified atom stereocenters. The van der Waals surface area contributed by atoms with Crippen molar-refractivity contribution in [3.05, 3.63) is 29.3 Å². The van der Waals surface area contributed by atoms with Crippen molar-refractivity contribution >= 4 is 21.6 Å². The number of rotatable bonds is 11. The Bertz CT molecular complexity index is 723. The van der Waals surface area contributed by atoms with Gasteiger partial charge in [-0.05, 0) is 62.8 Å². The number of hydrogen-bond acceptors (Lipinski definition) is 4. The van der Waals surface area contributed by atoms with E-state index in [4.69, 9.17) is 4.74 Å². The molecule has 0 aliphatic heterocycles. The highest BCUT2D eigenvalue weighted by atomic mass is 32.2. The zero-order valence-electron chi connectivity index (χ0n) is 17.4. The largest absolute Gasteiger partial charge is 0.378 e. The number of aryl methyl sites for hydroxylation is 2. The molecule has 0 saturated heterocycles. The normalized spacial score (nSPS) is 15.0. The van der Waals surface area contributed by atoms with Gasteiger partial charge in [-0.1, -0.05) is 18.9 Å². The first kappa shape index (κ1) is 22.7.